The molecular weight excluding hydrogens is 298 g/mol. The third-order valence-corrected chi connectivity index (χ3v) is 4.20. The number of likely N-dealkylation sites (tertiary alicyclic amines) is 1. The Hall–Kier alpha value is -2.00. The van der Waals surface area contributed by atoms with E-state index in [2.05, 4.69) is 0 Å². The number of halogens is 1. The molecule has 0 aromatic heterocycles. The summed E-state index contributed by atoms with van der Waals surface area (Å²) in [7, 11) is 0. The molecule has 1 fully saturated rings. The Labute approximate surface area is 135 Å². The Kier molecular flexibility index (Phi) is 4.64. The molecule has 0 atom stereocenters. The monoisotopic (exact) mass is 315 g/mol. The zero-order chi connectivity index (χ0) is 15.4. The minimum atomic E-state index is 0.0840. The SMILES string of the molecule is O=C(c1cccc(OCc2ccccc2Cl)c1)N1CCCC1. The van der Waals surface area contributed by atoms with Crippen LogP contribution in [0.2, 0.25) is 5.02 Å². The summed E-state index contributed by atoms with van der Waals surface area (Å²) < 4.78 is 5.77. The quantitative estimate of drug-likeness (QED) is 0.848. The number of hydrogen-bond acceptors (Lipinski definition) is 2. The van der Waals surface area contributed by atoms with Crippen LogP contribution in [-0.4, -0.2) is 23.9 Å². The van der Waals surface area contributed by atoms with Crippen molar-refractivity contribution in [3.8, 4) is 5.75 Å². The Balaban J connectivity index is 1.68. The van der Waals surface area contributed by atoms with Gasteiger partial charge in [-0.05, 0) is 37.1 Å². The van der Waals surface area contributed by atoms with E-state index in [9.17, 15) is 4.79 Å². The second kappa shape index (κ2) is 6.84. The third kappa shape index (κ3) is 3.42. The molecule has 114 valence electrons. The van der Waals surface area contributed by atoms with Gasteiger partial charge in [0.15, 0.2) is 0 Å². The van der Waals surface area contributed by atoms with Crippen molar-refractivity contribution in [1.29, 1.82) is 0 Å². The van der Waals surface area contributed by atoms with Crippen LogP contribution in [0.1, 0.15) is 28.8 Å². The molecule has 0 aliphatic carbocycles. The number of rotatable bonds is 4. The number of carbonyl (C=O) groups excluding carboxylic acids is 1. The van der Waals surface area contributed by atoms with Crippen LogP contribution < -0.4 is 4.74 Å². The highest BCUT2D eigenvalue weighted by Crippen LogP contribution is 2.21. The number of amides is 1. The predicted molar refractivity (Wildman–Crippen MR) is 87.4 cm³/mol. The standard InChI is InChI=1S/C18H18ClNO2/c19-17-9-2-1-6-15(17)13-22-16-8-5-7-14(12-16)18(21)20-10-3-4-11-20/h1-2,5-9,12H,3-4,10-11,13H2. The maximum Gasteiger partial charge on any atom is 0.253 e. The second-order valence-corrected chi connectivity index (χ2v) is 5.81. The van der Waals surface area contributed by atoms with Gasteiger partial charge in [0.2, 0.25) is 0 Å². The summed E-state index contributed by atoms with van der Waals surface area (Å²) in [5.74, 6) is 0.769. The van der Waals surface area contributed by atoms with Gasteiger partial charge in [-0.2, -0.15) is 0 Å². The molecule has 22 heavy (non-hydrogen) atoms. The maximum atomic E-state index is 12.4. The summed E-state index contributed by atoms with van der Waals surface area (Å²) in [6.45, 7) is 2.09. The lowest BCUT2D eigenvalue weighted by Crippen LogP contribution is -2.27. The second-order valence-electron chi connectivity index (χ2n) is 5.41. The number of ether oxygens (including phenoxy) is 1. The van der Waals surface area contributed by atoms with Gasteiger partial charge < -0.3 is 9.64 Å². The molecule has 2 aromatic rings. The molecule has 2 aromatic carbocycles. The van der Waals surface area contributed by atoms with Gasteiger partial charge in [-0.15, -0.1) is 0 Å². The lowest BCUT2D eigenvalue weighted by Gasteiger charge is -2.16. The average molecular weight is 316 g/mol. The summed E-state index contributed by atoms with van der Waals surface area (Å²) in [4.78, 5) is 14.3. The zero-order valence-corrected chi connectivity index (χ0v) is 13.1. The van der Waals surface area contributed by atoms with E-state index in [1.54, 1.807) is 6.07 Å². The summed E-state index contributed by atoms with van der Waals surface area (Å²) >= 11 is 6.12. The van der Waals surface area contributed by atoms with Gasteiger partial charge in [0.25, 0.3) is 5.91 Å². The van der Waals surface area contributed by atoms with Crippen LogP contribution in [0.15, 0.2) is 48.5 Å². The number of hydrogen-bond donors (Lipinski definition) is 0. The van der Waals surface area contributed by atoms with Gasteiger partial charge in [-0.1, -0.05) is 35.9 Å². The Morgan fingerprint density at radius 1 is 1.09 bits per heavy atom. The Morgan fingerprint density at radius 2 is 1.86 bits per heavy atom. The highest BCUT2D eigenvalue weighted by atomic mass is 35.5. The summed E-state index contributed by atoms with van der Waals surface area (Å²) in [6.07, 6.45) is 2.18. The third-order valence-electron chi connectivity index (χ3n) is 3.83. The van der Waals surface area contributed by atoms with Crippen LogP contribution in [0.3, 0.4) is 0 Å². The van der Waals surface area contributed by atoms with Crippen molar-refractivity contribution in [3.63, 3.8) is 0 Å². The molecule has 1 aliphatic rings. The first-order valence-corrected chi connectivity index (χ1v) is 7.87. The normalized spacial score (nSPS) is 14.1. The number of nitrogens with zero attached hydrogens (tertiary/aromatic N) is 1. The summed E-state index contributed by atoms with van der Waals surface area (Å²) in [6, 6.07) is 14.9. The van der Waals surface area contributed by atoms with Gasteiger partial charge in [0, 0.05) is 29.2 Å². The molecule has 4 heteroatoms. The molecule has 1 amide bonds. The first-order chi connectivity index (χ1) is 10.7. The summed E-state index contributed by atoms with van der Waals surface area (Å²) in [5, 5.41) is 0.687. The van der Waals surface area contributed by atoms with Crippen molar-refractivity contribution in [2.45, 2.75) is 19.4 Å². The average Bonchev–Trinajstić information content (AvgIpc) is 3.08. The minimum Gasteiger partial charge on any atom is -0.489 e. The van der Waals surface area contributed by atoms with Gasteiger partial charge in [0.05, 0.1) is 0 Å². The highest BCUT2D eigenvalue weighted by Gasteiger charge is 2.19. The van der Waals surface area contributed by atoms with Crippen LogP contribution in [0, 0.1) is 0 Å². The fourth-order valence-corrected chi connectivity index (χ4v) is 2.79. The predicted octanol–water partition coefficient (Wildman–Crippen LogP) is 4.16. The van der Waals surface area contributed by atoms with Crippen molar-refractivity contribution in [2.75, 3.05) is 13.1 Å². The van der Waals surface area contributed by atoms with Crippen LogP contribution >= 0.6 is 11.6 Å². The molecule has 3 nitrogen and oxygen atoms in total. The molecule has 1 aliphatic heterocycles. The van der Waals surface area contributed by atoms with E-state index in [1.165, 1.54) is 0 Å². The maximum absolute atomic E-state index is 12.4. The molecule has 0 saturated carbocycles. The van der Waals surface area contributed by atoms with Gasteiger partial charge in [-0.25, -0.2) is 0 Å². The fourth-order valence-electron chi connectivity index (χ4n) is 2.60. The molecule has 0 N–H and O–H groups in total. The van der Waals surface area contributed by atoms with Crippen LogP contribution in [0.5, 0.6) is 5.75 Å². The van der Waals surface area contributed by atoms with Crippen LogP contribution in [0.25, 0.3) is 0 Å². The van der Waals surface area contributed by atoms with E-state index >= 15 is 0 Å². The summed E-state index contributed by atoms with van der Waals surface area (Å²) in [5.41, 5.74) is 1.61. The van der Waals surface area contributed by atoms with E-state index in [0.717, 1.165) is 31.5 Å². The smallest absolute Gasteiger partial charge is 0.253 e. The van der Waals surface area contributed by atoms with E-state index in [0.29, 0.717) is 22.9 Å². The minimum absolute atomic E-state index is 0.0840. The number of benzene rings is 2. The molecule has 1 saturated heterocycles. The molecule has 0 spiro atoms. The van der Waals surface area contributed by atoms with E-state index in [-0.39, 0.29) is 5.91 Å². The van der Waals surface area contributed by atoms with Crippen molar-refractivity contribution in [3.05, 3.63) is 64.7 Å². The van der Waals surface area contributed by atoms with E-state index in [4.69, 9.17) is 16.3 Å². The lowest BCUT2D eigenvalue weighted by molar-refractivity contribution is 0.0792. The molecule has 1 heterocycles. The zero-order valence-electron chi connectivity index (χ0n) is 12.3. The first kappa shape index (κ1) is 14.9. The number of carbonyl (C=O) groups is 1. The Bertz CT molecular complexity index is 666. The van der Waals surface area contributed by atoms with Crippen molar-refractivity contribution in [1.82, 2.24) is 4.90 Å². The molecule has 0 radical (unpaired) electrons. The first-order valence-electron chi connectivity index (χ1n) is 7.49. The van der Waals surface area contributed by atoms with Crippen molar-refractivity contribution < 1.29 is 9.53 Å². The van der Waals surface area contributed by atoms with Gasteiger partial charge in [-0.3, -0.25) is 4.79 Å². The fraction of sp³-hybridized carbons (Fsp3) is 0.278. The highest BCUT2D eigenvalue weighted by molar-refractivity contribution is 6.31. The molecule has 3 rings (SSSR count). The molecular formula is C18H18ClNO2. The molecule has 0 unspecified atom stereocenters. The molecule has 0 bridgehead atoms. The lowest BCUT2D eigenvalue weighted by atomic mass is 10.2. The van der Waals surface area contributed by atoms with Gasteiger partial charge in [0.1, 0.15) is 12.4 Å². The van der Waals surface area contributed by atoms with Crippen LogP contribution in [0.4, 0.5) is 0 Å². The van der Waals surface area contributed by atoms with Crippen molar-refractivity contribution >= 4 is 17.5 Å². The van der Waals surface area contributed by atoms with Gasteiger partial charge >= 0.3 is 0 Å². The van der Waals surface area contributed by atoms with Crippen molar-refractivity contribution in [2.24, 2.45) is 0 Å². The Morgan fingerprint density at radius 3 is 2.64 bits per heavy atom. The topological polar surface area (TPSA) is 29.5 Å². The van der Waals surface area contributed by atoms with Crippen LogP contribution in [-0.2, 0) is 6.61 Å². The van der Waals surface area contributed by atoms with E-state index in [1.807, 2.05) is 47.4 Å². The largest absolute Gasteiger partial charge is 0.489 e. The van der Waals surface area contributed by atoms with E-state index < -0.39 is 0 Å².